The van der Waals surface area contributed by atoms with Crippen molar-refractivity contribution in [2.75, 3.05) is 0 Å². The number of carboxylic acid groups (broad SMARTS) is 1. The zero-order valence-corrected chi connectivity index (χ0v) is 10.0. The van der Waals surface area contributed by atoms with Crippen LogP contribution in [0.15, 0.2) is 11.6 Å². The van der Waals surface area contributed by atoms with Crippen molar-refractivity contribution in [1.82, 2.24) is 0 Å². The lowest BCUT2D eigenvalue weighted by atomic mass is 10.0. The van der Waals surface area contributed by atoms with Crippen molar-refractivity contribution in [2.45, 2.75) is 58.3 Å². The molecule has 0 aromatic rings. The van der Waals surface area contributed by atoms with Gasteiger partial charge in [0.2, 0.25) is 0 Å². The van der Waals surface area contributed by atoms with Crippen LogP contribution in [0.5, 0.6) is 0 Å². The first kappa shape index (κ1) is 14.7. The molecular weight excluding hydrogens is 202 g/mol. The van der Waals surface area contributed by atoms with Crippen LogP contribution in [0, 0.1) is 11.3 Å². The Morgan fingerprint density at radius 2 is 1.75 bits per heavy atom. The minimum atomic E-state index is -0.965. The summed E-state index contributed by atoms with van der Waals surface area (Å²) in [7, 11) is 0. The van der Waals surface area contributed by atoms with E-state index in [2.05, 4.69) is 6.92 Å². The second-order valence-electron chi connectivity index (χ2n) is 3.98. The topological polar surface area (TPSA) is 61.1 Å². The summed E-state index contributed by atoms with van der Waals surface area (Å²) in [5.74, 6) is -0.965. The maximum atomic E-state index is 10.7. The maximum Gasteiger partial charge on any atom is 0.332 e. The number of unbranched alkanes of at least 4 members (excludes halogenated alkanes) is 6. The van der Waals surface area contributed by atoms with Crippen molar-refractivity contribution in [3.63, 3.8) is 0 Å². The van der Waals surface area contributed by atoms with Gasteiger partial charge >= 0.3 is 5.97 Å². The Morgan fingerprint density at radius 1 is 1.19 bits per heavy atom. The summed E-state index contributed by atoms with van der Waals surface area (Å²) >= 11 is 0. The zero-order chi connectivity index (χ0) is 12.2. The Hall–Kier alpha value is -1.30. The van der Waals surface area contributed by atoms with E-state index in [0.29, 0.717) is 6.42 Å². The second kappa shape index (κ2) is 10.2. The Morgan fingerprint density at radius 3 is 2.25 bits per heavy atom. The van der Waals surface area contributed by atoms with Crippen molar-refractivity contribution >= 4 is 5.97 Å². The number of hydrogen-bond acceptors (Lipinski definition) is 2. The first-order chi connectivity index (χ1) is 7.72. The first-order valence-electron chi connectivity index (χ1n) is 6.04. The average Bonchev–Trinajstić information content (AvgIpc) is 2.26. The largest absolute Gasteiger partial charge is 0.478 e. The number of hydrogen-bond donors (Lipinski definition) is 1. The first-order valence-corrected chi connectivity index (χ1v) is 6.04. The highest BCUT2D eigenvalue weighted by Gasteiger charge is 2.05. The Kier molecular flexibility index (Phi) is 9.39. The molecule has 0 unspecified atom stereocenters. The molecular formula is C13H21NO2. The molecule has 0 atom stereocenters. The van der Waals surface area contributed by atoms with Gasteiger partial charge < -0.3 is 5.11 Å². The Bertz CT molecular complexity index is 264. The number of rotatable bonds is 9. The minimum absolute atomic E-state index is 0.232. The van der Waals surface area contributed by atoms with E-state index < -0.39 is 5.97 Å². The van der Waals surface area contributed by atoms with Gasteiger partial charge in [-0.2, -0.15) is 5.26 Å². The second-order valence-corrected chi connectivity index (χ2v) is 3.98. The molecule has 1 N–H and O–H groups in total. The van der Waals surface area contributed by atoms with E-state index in [1.165, 1.54) is 32.1 Å². The third-order valence-corrected chi connectivity index (χ3v) is 2.56. The van der Waals surface area contributed by atoms with E-state index >= 15 is 0 Å². The van der Waals surface area contributed by atoms with Gasteiger partial charge in [0.05, 0.1) is 6.07 Å². The molecule has 0 amide bonds. The molecule has 0 aromatic heterocycles. The summed E-state index contributed by atoms with van der Waals surface area (Å²) in [6.45, 7) is 2.19. The highest BCUT2D eigenvalue weighted by Crippen LogP contribution is 2.12. The fraction of sp³-hybridized carbons (Fsp3) is 0.692. The normalized spacial score (nSPS) is 11.1. The molecule has 0 fully saturated rings. The summed E-state index contributed by atoms with van der Waals surface area (Å²) in [5.41, 5.74) is 0.232. The number of carbonyl (C=O) groups is 1. The predicted molar refractivity (Wildman–Crippen MR) is 63.9 cm³/mol. The molecule has 0 bridgehead atoms. The summed E-state index contributed by atoms with van der Waals surface area (Å²) in [6.07, 6.45) is 9.78. The van der Waals surface area contributed by atoms with Crippen LogP contribution < -0.4 is 0 Å². The molecule has 0 aromatic carbocycles. The van der Waals surface area contributed by atoms with Crippen LogP contribution in [0.2, 0.25) is 0 Å². The van der Waals surface area contributed by atoms with Crippen molar-refractivity contribution in [3.05, 3.63) is 11.6 Å². The third-order valence-electron chi connectivity index (χ3n) is 2.56. The Balaban J connectivity index is 3.53. The van der Waals surface area contributed by atoms with Crippen molar-refractivity contribution in [2.24, 2.45) is 0 Å². The minimum Gasteiger partial charge on any atom is -0.478 e. The van der Waals surface area contributed by atoms with E-state index in [0.717, 1.165) is 18.9 Å². The Labute approximate surface area is 97.8 Å². The summed E-state index contributed by atoms with van der Waals surface area (Å²) < 4.78 is 0. The van der Waals surface area contributed by atoms with Gasteiger partial charge in [-0.1, -0.05) is 45.4 Å². The van der Waals surface area contributed by atoms with Crippen molar-refractivity contribution < 1.29 is 9.90 Å². The van der Waals surface area contributed by atoms with Crippen LogP contribution in [0.1, 0.15) is 58.3 Å². The van der Waals surface area contributed by atoms with E-state index in [1.807, 2.05) is 0 Å². The monoisotopic (exact) mass is 223 g/mol. The van der Waals surface area contributed by atoms with Crippen molar-refractivity contribution in [1.29, 1.82) is 5.26 Å². The van der Waals surface area contributed by atoms with Crippen molar-refractivity contribution in [3.8, 4) is 6.07 Å². The van der Waals surface area contributed by atoms with E-state index in [4.69, 9.17) is 10.4 Å². The lowest BCUT2D eigenvalue weighted by Crippen LogP contribution is -2.00. The quantitative estimate of drug-likeness (QED) is 0.368. The van der Waals surface area contributed by atoms with E-state index in [9.17, 15) is 4.79 Å². The summed E-state index contributed by atoms with van der Waals surface area (Å²) in [5, 5.41) is 17.2. The van der Waals surface area contributed by atoms with Crippen LogP contribution in [-0.4, -0.2) is 11.1 Å². The molecule has 3 nitrogen and oxygen atoms in total. The van der Waals surface area contributed by atoms with Gasteiger partial charge in [-0.3, -0.25) is 0 Å². The number of nitrogens with zero attached hydrogens (tertiary/aromatic N) is 1. The molecule has 90 valence electrons. The van der Waals surface area contributed by atoms with Crippen LogP contribution in [0.3, 0.4) is 0 Å². The molecule has 0 aliphatic carbocycles. The van der Waals surface area contributed by atoms with Gasteiger partial charge in [-0.15, -0.1) is 0 Å². The third kappa shape index (κ3) is 8.05. The van der Waals surface area contributed by atoms with Crippen LogP contribution in [0.4, 0.5) is 0 Å². The zero-order valence-electron chi connectivity index (χ0n) is 10.0. The van der Waals surface area contributed by atoms with Gasteiger partial charge in [0.1, 0.15) is 0 Å². The van der Waals surface area contributed by atoms with Crippen LogP contribution in [-0.2, 0) is 4.79 Å². The molecule has 0 radical (unpaired) electrons. The van der Waals surface area contributed by atoms with Gasteiger partial charge in [-0.25, -0.2) is 4.79 Å². The summed E-state index contributed by atoms with van der Waals surface area (Å²) in [4.78, 5) is 10.7. The van der Waals surface area contributed by atoms with Gasteiger partial charge in [0, 0.05) is 11.6 Å². The molecule has 0 heterocycles. The molecule has 0 saturated carbocycles. The molecule has 0 rings (SSSR count). The van der Waals surface area contributed by atoms with Gasteiger partial charge in [-0.05, 0) is 12.8 Å². The molecule has 0 spiro atoms. The van der Waals surface area contributed by atoms with E-state index in [-0.39, 0.29) is 5.57 Å². The van der Waals surface area contributed by atoms with E-state index in [1.54, 1.807) is 6.07 Å². The fourth-order valence-electron chi connectivity index (χ4n) is 1.59. The number of carboxylic acids is 1. The van der Waals surface area contributed by atoms with Gasteiger partial charge in [0.25, 0.3) is 0 Å². The number of allylic oxidation sites excluding steroid dienone is 1. The maximum absolute atomic E-state index is 10.7. The number of nitriles is 1. The fourth-order valence-corrected chi connectivity index (χ4v) is 1.59. The lowest BCUT2D eigenvalue weighted by Gasteiger charge is -2.01. The molecule has 0 saturated heterocycles. The molecule has 0 aliphatic heterocycles. The highest BCUT2D eigenvalue weighted by molar-refractivity contribution is 5.87. The highest BCUT2D eigenvalue weighted by atomic mass is 16.4. The average molecular weight is 223 g/mol. The van der Waals surface area contributed by atoms with Crippen LogP contribution in [0.25, 0.3) is 0 Å². The molecule has 3 heteroatoms. The van der Waals surface area contributed by atoms with Gasteiger partial charge in [0.15, 0.2) is 0 Å². The number of aliphatic carboxylic acids is 1. The van der Waals surface area contributed by atoms with Crippen LogP contribution >= 0.6 is 0 Å². The smallest absolute Gasteiger partial charge is 0.332 e. The standard InChI is InChI=1S/C13H21NO2/c1-2-3-4-5-6-7-8-9-12(10-11-14)13(15)16/h10H,2-9H2,1H3,(H,15,16). The lowest BCUT2D eigenvalue weighted by molar-refractivity contribution is -0.132. The summed E-state index contributed by atoms with van der Waals surface area (Å²) in [6, 6.07) is 1.78. The SMILES string of the molecule is CCCCCCCCCC(=CC#N)C(=O)O. The molecule has 0 aliphatic rings. The predicted octanol–water partition coefficient (Wildman–Crippen LogP) is 3.66. The molecule has 16 heavy (non-hydrogen) atoms.